The minimum atomic E-state index is 0. The highest BCUT2D eigenvalue weighted by atomic mass is 127. The number of nitrogens with zero attached hydrogens (tertiary/aromatic N) is 4. The molecular formula is C20H32IN5O. The lowest BCUT2D eigenvalue weighted by Gasteiger charge is -2.22. The highest BCUT2D eigenvalue weighted by Crippen LogP contribution is 2.18. The number of rotatable bonds is 8. The Bertz CT molecular complexity index is 700. The highest BCUT2D eigenvalue weighted by molar-refractivity contribution is 14.0. The van der Waals surface area contributed by atoms with Crippen LogP contribution in [0.5, 0.6) is 5.75 Å². The van der Waals surface area contributed by atoms with Crippen LogP contribution in [0.4, 0.5) is 0 Å². The molecule has 0 fully saturated rings. The van der Waals surface area contributed by atoms with E-state index in [-0.39, 0.29) is 24.0 Å². The smallest absolute Gasteiger partial charge is 0.193 e. The van der Waals surface area contributed by atoms with Gasteiger partial charge >= 0.3 is 0 Å². The highest BCUT2D eigenvalue weighted by Gasteiger charge is 2.14. The van der Waals surface area contributed by atoms with Crippen molar-refractivity contribution in [1.29, 1.82) is 0 Å². The Morgan fingerprint density at radius 2 is 2.00 bits per heavy atom. The predicted molar refractivity (Wildman–Crippen MR) is 122 cm³/mol. The van der Waals surface area contributed by atoms with Crippen molar-refractivity contribution in [3.8, 4) is 5.75 Å². The number of ether oxygens (including phenoxy) is 1. The molecule has 6 nitrogen and oxygen atoms in total. The fourth-order valence-corrected chi connectivity index (χ4v) is 2.86. The predicted octanol–water partition coefficient (Wildman–Crippen LogP) is 3.64. The Labute approximate surface area is 180 Å². The van der Waals surface area contributed by atoms with Crippen molar-refractivity contribution < 1.29 is 4.74 Å². The second-order valence-corrected chi connectivity index (χ2v) is 6.71. The quantitative estimate of drug-likeness (QED) is 0.269. The fourth-order valence-electron chi connectivity index (χ4n) is 2.86. The number of halogens is 1. The molecule has 1 aromatic carbocycles. The van der Waals surface area contributed by atoms with Crippen LogP contribution in [0.15, 0.2) is 41.5 Å². The monoisotopic (exact) mass is 485 g/mol. The summed E-state index contributed by atoms with van der Waals surface area (Å²) in [5, 5.41) is 7.98. The maximum absolute atomic E-state index is 5.72. The second-order valence-electron chi connectivity index (χ2n) is 6.71. The fraction of sp³-hybridized carbons (Fsp3) is 0.500. The summed E-state index contributed by atoms with van der Waals surface area (Å²) in [5.41, 5.74) is 2.38. The van der Waals surface area contributed by atoms with E-state index < -0.39 is 0 Å². The van der Waals surface area contributed by atoms with Gasteiger partial charge in [-0.2, -0.15) is 5.10 Å². The molecule has 0 radical (unpaired) electrons. The van der Waals surface area contributed by atoms with Crippen molar-refractivity contribution in [2.45, 2.75) is 32.7 Å². The lowest BCUT2D eigenvalue weighted by atomic mass is 10.1. The summed E-state index contributed by atoms with van der Waals surface area (Å²) in [5.74, 6) is 2.19. The zero-order valence-corrected chi connectivity index (χ0v) is 19.3. The number of hydrogen-bond acceptors (Lipinski definition) is 3. The molecule has 0 atom stereocenters. The SMILES string of the molecule is CN=C(NCCCOc1ccccc1)N(C)Cc1cn(C)nc1C(C)C.I. The number of guanidine groups is 1. The van der Waals surface area contributed by atoms with Crippen molar-refractivity contribution in [2.75, 3.05) is 27.2 Å². The standard InChI is InChI=1S/C20H31N5O.HI/c1-16(2)19-17(15-25(5)23-19)14-24(4)20(21-3)22-12-9-13-26-18-10-7-6-8-11-18;/h6-8,10-11,15-16H,9,12-14H2,1-5H3,(H,21,22);1H. The Kier molecular flexibility index (Phi) is 10.2. The summed E-state index contributed by atoms with van der Waals surface area (Å²) in [6.07, 6.45) is 3.00. The van der Waals surface area contributed by atoms with E-state index >= 15 is 0 Å². The van der Waals surface area contributed by atoms with Crippen LogP contribution in [-0.2, 0) is 13.6 Å². The normalized spacial score (nSPS) is 11.3. The van der Waals surface area contributed by atoms with Gasteiger partial charge in [-0.15, -0.1) is 24.0 Å². The number of aromatic nitrogens is 2. The third-order valence-corrected chi connectivity index (χ3v) is 4.08. The van der Waals surface area contributed by atoms with Gasteiger partial charge in [0.2, 0.25) is 0 Å². The number of aliphatic imine (C=N–C) groups is 1. The summed E-state index contributed by atoms with van der Waals surface area (Å²) < 4.78 is 7.60. The van der Waals surface area contributed by atoms with Gasteiger partial charge in [-0.1, -0.05) is 32.0 Å². The van der Waals surface area contributed by atoms with Crippen LogP contribution in [0.25, 0.3) is 0 Å². The Morgan fingerprint density at radius 3 is 2.63 bits per heavy atom. The molecule has 0 amide bonds. The third-order valence-electron chi connectivity index (χ3n) is 4.08. The summed E-state index contributed by atoms with van der Waals surface area (Å²) in [7, 11) is 5.83. The first kappa shape index (κ1) is 23.3. The molecule has 0 unspecified atom stereocenters. The van der Waals surface area contributed by atoms with Gasteiger partial charge in [-0.25, -0.2) is 0 Å². The van der Waals surface area contributed by atoms with Gasteiger partial charge in [0.1, 0.15) is 5.75 Å². The number of nitrogens with one attached hydrogen (secondary N) is 1. The molecular weight excluding hydrogens is 453 g/mol. The van der Waals surface area contributed by atoms with Gasteiger partial charge in [0, 0.05) is 46.0 Å². The zero-order chi connectivity index (χ0) is 18.9. The van der Waals surface area contributed by atoms with E-state index in [9.17, 15) is 0 Å². The van der Waals surface area contributed by atoms with Crippen molar-refractivity contribution >= 4 is 29.9 Å². The molecule has 0 aliphatic rings. The molecule has 27 heavy (non-hydrogen) atoms. The molecule has 0 saturated heterocycles. The van der Waals surface area contributed by atoms with E-state index in [2.05, 4.69) is 40.4 Å². The summed E-state index contributed by atoms with van der Waals surface area (Å²) in [6, 6.07) is 9.89. The third kappa shape index (κ3) is 7.40. The number of hydrogen-bond donors (Lipinski definition) is 1. The van der Waals surface area contributed by atoms with E-state index in [1.165, 1.54) is 5.56 Å². The minimum absolute atomic E-state index is 0. The molecule has 2 rings (SSSR count). The largest absolute Gasteiger partial charge is 0.494 e. The average Bonchev–Trinajstić information content (AvgIpc) is 2.99. The maximum atomic E-state index is 5.72. The topological polar surface area (TPSA) is 54.7 Å². The molecule has 1 heterocycles. The van der Waals surface area contributed by atoms with Crippen LogP contribution in [0, 0.1) is 0 Å². The van der Waals surface area contributed by atoms with Gasteiger partial charge in [0.15, 0.2) is 5.96 Å². The minimum Gasteiger partial charge on any atom is -0.494 e. The Morgan fingerprint density at radius 1 is 1.30 bits per heavy atom. The second kappa shape index (κ2) is 11.8. The molecule has 0 bridgehead atoms. The van der Waals surface area contributed by atoms with Gasteiger partial charge < -0.3 is 15.0 Å². The van der Waals surface area contributed by atoms with Gasteiger partial charge in [0.05, 0.1) is 12.3 Å². The molecule has 0 saturated carbocycles. The first-order valence-corrected chi connectivity index (χ1v) is 9.13. The maximum Gasteiger partial charge on any atom is 0.193 e. The van der Waals surface area contributed by atoms with E-state index in [1.807, 2.05) is 56.2 Å². The summed E-state index contributed by atoms with van der Waals surface area (Å²) in [4.78, 5) is 6.51. The van der Waals surface area contributed by atoms with Gasteiger partial charge in [-0.05, 0) is 24.5 Å². The van der Waals surface area contributed by atoms with Gasteiger partial charge in [0.25, 0.3) is 0 Å². The lowest BCUT2D eigenvalue weighted by molar-refractivity contribution is 0.310. The molecule has 7 heteroatoms. The molecule has 2 aromatic rings. The first-order valence-electron chi connectivity index (χ1n) is 9.13. The number of benzene rings is 1. The Balaban J connectivity index is 0.00000364. The van der Waals surface area contributed by atoms with Crippen LogP contribution >= 0.6 is 24.0 Å². The molecule has 0 aliphatic heterocycles. The first-order chi connectivity index (χ1) is 12.5. The molecule has 1 N–H and O–H groups in total. The van der Waals surface area contributed by atoms with Gasteiger partial charge in [-0.3, -0.25) is 9.67 Å². The molecule has 0 spiro atoms. The van der Waals surface area contributed by atoms with E-state index in [0.29, 0.717) is 12.5 Å². The van der Waals surface area contributed by atoms with Crippen molar-refractivity contribution in [1.82, 2.24) is 20.0 Å². The number of para-hydroxylation sites is 1. The van der Waals surface area contributed by atoms with Crippen LogP contribution in [-0.4, -0.2) is 47.9 Å². The van der Waals surface area contributed by atoms with E-state index in [0.717, 1.165) is 36.9 Å². The van der Waals surface area contributed by atoms with E-state index in [4.69, 9.17) is 4.74 Å². The average molecular weight is 485 g/mol. The Hall–Kier alpha value is -1.77. The molecule has 1 aromatic heterocycles. The van der Waals surface area contributed by atoms with Crippen molar-refractivity contribution in [2.24, 2.45) is 12.0 Å². The number of aryl methyl sites for hydroxylation is 1. The summed E-state index contributed by atoms with van der Waals surface area (Å²) >= 11 is 0. The van der Waals surface area contributed by atoms with Crippen LogP contribution in [0.1, 0.15) is 37.4 Å². The zero-order valence-electron chi connectivity index (χ0n) is 17.0. The van der Waals surface area contributed by atoms with Crippen LogP contribution < -0.4 is 10.1 Å². The summed E-state index contributed by atoms with van der Waals surface area (Å²) in [6.45, 7) is 6.62. The van der Waals surface area contributed by atoms with Crippen molar-refractivity contribution in [3.63, 3.8) is 0 Å². The van der Waals surface area contributed by atoms with Crippen LogP contribution in [0.2, 0.25) is 0 Å². The molecule has 0 aliphatic carbocycles. The van der Waals surface area contributed by atoms with Crippen molar-refractivity contribution in [3.05, 3.63) is 47.8 Å². The lowest BCUT2D eigenvalue weighted by Crippen LogP contribution is -2.39. The molecule has 150 valence electrons. The van der Waals surface area contributed by atoms with E-state index in [1.54, 1.807) is 0 Å². The van der Waals surface area contributed by atoms with Crippen LogP contribution in [0.3, 0.4) is 0 Å².